The molecule has 0 fully saturated rings. The van der Waals surface area contributed by atoms with Crippen molar-refractivity contribution in [1.29, 1.82) is 15.8 Å². The van der Waals surface area contributed by atoms with Crippen molar-refractivity contribution in [1.82, 2.24) is 4.90 Å². The molecule has 100 valence electrons. The minimum atomic E-state index is -0.221. The molecule has 0 spiro atoms. The lowest BCUT2D eigenvalue weighted by Crippen LogP contribution is -2.28. The van der Waals surface area contributed by atoms with Crippen molar-refractivity contribution in [3.8, 4) is 18.2 Å². The van der Waals surface area contributed by atoms with Crippen LogP contribution in [-0.4, -0.2) is 30.4 Å². The summed E-state index contributed by atoms with van der Waals surface area (Å²) in [5.41, 5.74) is 1.03. The number of carbonyl (C=O) groups excluding carboxylic acids is 1. The summed E-state index contributed by atoms with van der Waals surface area (Å²) < 4.78 is 0. The van der Waals surface area contributed by atoms with Gasteiger partial charge in [-0.25, -0.2) is 0 Å². The summed E-state index contributed by atoms with van der Waals surface area (Å²) in [4.78, 5) is 13.3. The Morgan fingerprint density at radius 2 is 1.90 bits per heavy atom. The van der Waals surface area contributed by atoms with Crippen LogP contribution in [0.15, 0.2) is 24.3 Å². The van der Waals surface area contributed by atoms with E-state index in [9.17, 15) is 4.79 Å². The van der Waals surface area contributed by atoms with E-state index in [1.165, 1.54) is 0 Å². The summed E-state index contributed by atoms with van der Waals surface area (Å²) in [6.07, 6.45) is 0.181. The fraction of sp³-hybridized carbons (Fsp3) is 0.286. The molecule has 6 nitrogen and oxygen atoms in total. The highest BCUT2D eigenvalue weighted by atomic mass is 16.1. The zero-order valence-electron chi connectivity index (χ0n) is 10.8. The molecule has 0 saturated carbocycles. The zero-order chi connectivity index (χ0) is 14.8. The molecule has 0 aliphatic heterocycles. The SMILES string of the molecule is N#CCN(CC#N)CCC(=O)Nc1cccc(C#N)c1. The summed E-state index contributed by atoms with van der Waals surface area (Å²) in [6, 6.07) is 12.5. The second-order valence-corrected chi connectivity index (χ2v) is 4.02. The van der Waals surface area contributed by atoms with Crippen molar-refractivity contribution >= 4 is 11.6 Å². The number of benzene rings is 1. The maximum Gasteiger partial charge on any atom is 0.225 e. The topological polar surface area (TPSA) is 104 Å². The molecule has 1 amide bonds. The van der Waals surface area contributed by atoms with Crippen LogP contribution in [0, 0.1) is 34.0 Å². The number of nitrogens with one attached hydrogen (secondary N) is 1. The number of hydrogen-bond acceptors (Lipinski definition) is 5. The molecule has 1 rings (SSSR count). The average Bonchev–Trinajstić information content (AvgIpc) is 2.45. The van der Waals surface area contributed by atoms with Gasteiger partial charge < -0.3 is 5.32 Å². The monoisotopic (exact) mass is 267 g/mol. The molecular weight excluding hydrogens is 254 g/mol. The number of hydrogen-bond donors (Lipinski definition) is 1. The van der Waals surface area contributed by atoms with Crippen LogP contribution in [-0.2, 0) is 4.79 Å². The molecule has 0 aromatic heterocycles. The van der Waals surface area contributed by atoms with E-state index < -0.39 is 0 Å². The minimum absolute atomic E-state index is 0.116. The van der Waals surface area contributed by atoms with Gasteiger partial charge in [-0.2, -0.15) is 15.8 Å². The van der Waals surface area contributed by atoms with Crippen molar-refractivity contribution in [2.45, 2.75) is 6.42 Å². The van der Waals surface area contributed by atoms with Gasteiger partial charge in [-0.3, -0.25) is 9.69 Å². The van der Waals surface area contributed by atoms with Gasteiger partial charge in [-0.15, -0.1) is 0 Å². The smallest absolute Gasteiger partial charge is 0.225 e. The molecule has 0 saturated heterocycles. The molecule has 20 heavy (non-hydrogen) atoms. The van der Waals surface area contributed by atoms with Gasteiger partial charge in [0.15, 0.2) is 0 Å². The minimum Gasteiger partial charge on any atom is -0.326 e. The van der Waals surface area contributed by atoms with Crippen molar-refractivity contribution < 1.29 is 4.79 Å². The largest absolute Gasteiger partial charge is 0.326 e. The molecule has 0 heterocycles. The van der Waals surface area contributed by atoms with Gasteiger partial charge in [-0.1, -0.05) is 6.07 Å². The Hall–Kier alpha value is -2.88. The highest BCUT2D eigenvalue weighted by Crippen LogP contribution is 2.10. The van der Waals surface area contributed by atoms with Crippen molar-refractivity contribution in [3.63, 3.8) is 0 Å². The van der Waals surface area contributed by atoms with Crippen LogP contribution in [0.2, 0.25) is 0 Å². The fourth-order valence-corrected chi connectivity index (χ4v) is 1.56. The Morgan fingerprint density at radius 1 is 1.20 bits per heavy atom. The Morgan fingerprint density at radius 3 is 2.50 bits per heavy atom. The summed E-state index contributed by atoms with van der Waals surface area (Å²) in [5, 5.41) is 28.6. The Bertz CT molecular complexity index is 575. The lowest BCUT2D eigenvalue weighted by atomic mass is 10.2. The number of amides is 1. The first-order valence-electron chi connectivity index (χ1n) is 5.96. The molecule has 0 aliphatic rings. The Kier molecular flexibility index (Phi) is 6.27. The Labute approximate surface area is 117 Å². The maximum absolute atomic E-state index is 11.7. The van der Waals surface area contributed by atoms with E-state index in [1.54, 1.807) is 29.2 Å². The van der Waals surface area contributed by atoms with Gasteiger partial charge in [0.25, 0.3) is 0 Å². The lowest BCUT2D eigenvalue weighted by Gasteiger charge is -2.14. The number of anilines is 1. The number of nitriles is 3. The first-order chi connectivity index (χ1) is 9.69. The highest BCUT2D eigenvalue weighted by Gasteiger charge is 2.08. The van der Waals surface area contributed by atoms with Crippen LogP contribution >= 0.6 is 0 Å². The van der Waals surface area contributed by atoms with E-state index in [0.29, 0.717) is 17.8 Å². The molecule has 1 aromatic carbocycles. The highest BCUT2D eigenvalue weighted by molar-refractivity contribution is 5.90. The van der Waals surface area contributed by atoms with Crippen molar-refractivity contribution in [3.05, 3.63) is 29.8 Å². The van der Waals surface area contributed by atoms with Crippen LogP contribution in [0.3, 0.4) is 0 Å². The van der Waals surface area contributed by atoms with Gasteiger partial charge >= 0.3 is 0 Å². The van der Waals surface area contributed by atoms with Crippen LogP contribution in [0.4, 0.5) is 5.69 Å². The molecule has 0 radical (unpaired) electrons. The van der Waals surface area contributed by atoms with Gasteiger partial charge in [-0.05, 0) is 18.2 Å². The van der Waals surface area contributed by atoms with Gasteiger partial charge in [0.1, 0.15) is 0 Å². The molecule has 0 aliphatic carbocycles. The fourth-order valence-electron chi connectivity index (χ4n) is 1.56. The number of carbonyl (C=O) groups is 1. The standard InChI is InChI=1S/C14H13N5O/c15-5-8-19(9-6-16)7-4-14(20)18-13-3-1-2-12(10-13)11-17/h1-3,10H,4,7-9H2,(H,18,20). The van der Waals surface area contributed by atoms with Crippen LogP contribution in [0.1, 0.15) is 12.0 Å². The van der Waals surface area contributed by atoms with Gasteiger partial charge in [0, 0.05) is 18.7 Å². The Balaban J connectivity index is 2.49. The average molecular weight is 267 g/mol. The molecule has 1 N–H and O–H groups in total. The van der Waals surface area contributed by atoms with Gasteiger partial charge in [0.05, 0.1) is 36.9 Å². The third-order valence-corrected chi connectivity index (χ3v) is 2.52. The van der Waals surface area contributed by atoms with Crippen LogP contribution < -0.4 is 5.32 Å². The van der Waals surface area contributed by atoms with E-state index in [0.717, 1.165) is 0 Å². The van der Waals surface area contributed by atoms with E-state index >= 15 is 0 Å². The van der Waals surface area contributed by atoms with E-state index in [2.05, 4.69) is 5.32 Å². The van der Waals surface area contributed by atoms with E-state index in [1.807, 2.05) is 18.2 Å². The third-order valence-electron chi connectivity index (χ3n) is 2.52. The first-order valence-corrected chi connectivity index (χ1v) is 5.96. The number of rotatable bonds is 6. The normalized spacial score (nSPS) is 9.30. The molecular formula is C14H13N5O. The predicted octanol–water partition coefficient (Wildman–Crippen LogP) is 1.24. The summed E-state index contributed by atoms with van der Waals surface area (Å²) in [5.74, 6) is -0.221. The summed E-state index contributed by atoms with van der Waals surface area (Å²) >= 11 is 0. The second-order valence-electron chi connectivity index (χ2n) is 4.02. The van der Waals surface area contributed by atoms with Crippen molar-refractivity contribution in [2.24, 2.45) is 0 Å². The maximum atomic E-state index is 11.7. The molecule has 0 atom stereocenters. The lowest BCUT2D eigenvalue weighted by molar-refractivity contribution is -0.116. The molecule has 1 aromatic rings. The van der Waals surface area contributed by atoms with Crippen molar-refractivity contribution in [2.75, 3.05) is 25.0 Å². The molecule has 6 heteroatoms. The van der Waals surface area contributed by atoms with Gasteiger partial charge in [0.2, 0.25) is 5.91 Å². The molecule has 0 bridgehead atoms. The van der Waals surface area contributed by atoms with E-state index in [4.69, 9.17) is 15.8 Å². The summed E-state index contributed by atoms with van der Waals surface area (Å²) in [6.45, 7) is 0.570. The zero-order valence-corrected chi connectivity index (χ0v) is 10.8. The first kappa shape index (κ1) is 15.2. The van der Waals surface area contributed by atoms with Crippen LogP contribution in [0.25, 0.3) is 0 Å². The third kappa shape index (κ3) is 5.18. The molecule has 0 unspecified atom stereocenters. The predicted molar refractivity (Wildman–Crippen MR) is 72.1 cm³/mol. The second kappa shape index (κ2) is 8.26. The van der Waals surface area contributed by atoms with Crippen LogP contribution in [0.5, 0.6) is 0 Å². The summed E-state index contributed by atoms with van der Waals surface area (Å²) in [7, 11) is 0. The quantitative estimate of drug-likeness (QED) is 0.781. The number of nitrogens with zero attached hydrogens (tertiary/aromatic N) is 4. The van der Waals surface area contributed by atoms with E-state index in [-0.39, 0.29) is 25.4 Å².